The number of nitrogens with zero attached hydrogens (tertiary/aromatic N) is 6. The van der Waals surface area contributed by atoms with E-state index in [1.165, 1.54) is 10.2 Å². The Labute approximate surface area is 340 Å². The van der Waals surface area contributed by atoms with E-state index in [0.29, 0.717) is 50.2 Å². The summed E-state index contributed by atoms with van der Waals surface area (Å²) < 4.78 is 20.4. The number of hydrogen-bond donors (Lipinski definition) is 1. The Morgan fingerprint density at radius 1 is 0.914 bits per heavy atom. The first-order valence-electron chi connectivity index (χ1n) is 19.9. The number of anilines is 2. The number of rotatable bonds is 13. The number of fused-ring (bicyclic) bond motifs is 2. The van der Waals surface area contributed by atoms with Crippen molar-refractivity contribution in [2.45, 2.75) is 76.0 Å². The van der Waals surface area contributed by atoms with Gasteiger partial charge in [-0.25, -0.2) is 5.01 Å². The lowest BCUT2D eigenvalue weighted by Crippen LogP contribution is -2.51. The predicted octanol–water partition coefficient (Wildman–Crippen LogP) is 6.21. The molecule has 3 aliphatic rings. The van der Waals surface area contributed by atoms with E-state index in [0.717, 1.165) is 39.5 Å². The van der Waals surface area contributed by atoms with Gasteiger partial charge in [0.25, 0.3) is 5.91 Å². The molecule has 0 unspecified atom stereocenters. The van der Waals surface area contributed by atoms with Crippen molar-refractivity contribution >= 4 is 42.2 Å². The van der Waals surface area contributed by atoms with Crippen LogP contribution in [-0.4, -0.2) is 72.6 Å². The highest BCUT2D eigenvalue weighted by Crippen LogP contribution is 2.60. The van der Waals surface area contributed by atoms with E-state index in [1.807, 2.05) is 96.0 Å². The lowest BCUT2D eigenvalue weighted by Gasteiger charge is -2.37. The molecule has 3 aliphatic heterocycles. The van der Waals surface area contributed by atoms with Gasteiger partial charge in [-0.05, 0) is 65.6 Å². The zero-order chi connectivity index (χ0) is 40.6. The Kier molecular flexibility index (Phi) is 10.8. The van der Waals surface area contributed by atoms with Gasteiger partial charge >= 0.3 is 0 Å². The average Bonchev–Trinajstić information content (AvgIpc) is 3.90. The van der Waals surface area contributed by atoms with Crippen LogP contribution in [0.25, 0.3) is 0 Å². The van der Waals surface area contributed by atoms with Crippen molar-refractivity contribution < 1.29 is 28.9 Å². The lowest BCUT2D eigenvalue weighted by molar-refractivity contribution is -0.146. The summed E-state index contributed by atoms with van der Waals surface area (Å²) in [6, 6.07) is 31.8. The van der Waals surface area contributed by atoms with E-state index in [-0.39, 0.29) is 36.0 Å². The molecule has 0 radical (unpaired) electrons. The van der Waals surface area contributed by atoms with Crippen molar-refractivity contribution in [3.63, 3.8) is 0 Å². The van der Waals surface area contributed by atoms with Gasteiger partial charge in [-0.1, -0.05) is 85.0 Å². The molecule has 8 rings (SSSR count). The molecular weight excluding hydrogens is 749 g/mol. The molecule has 1 spiro atoms. The average molecular weight is 799 g/mol. The molecule has 1 fully saturated rings. The Balaban J connectivity index is 1.13. The van der Waals surface area contributed by atoms with Crippen LogP contribution in [0.1, 0.15) is 48.6 Å². The van der Waals surface area contributed by atoms with Crippen molar-refractivity contribution in [3.05, 3.63) is 126 Å². The second-order valence-corrected chi connectivity index (χ2v) is 20.6. The van der Waals surface area contributed by atoms with Crippen LogP contribution < -0.4 is 24.6 Å². The molecule has 1 saturated heterocycles. The quantitative estimate of drug-likeness (QED) is 0.139. The Bertz CT molecular complexity index is 2310. The van der Waals surface area contributed by atoms with E-state index in [9.17, 15) is 9.90 Å². The van der Waals surface area contributed by atoms with E-state index < -0.39 is 13.7 Å². The number of benzene rings is 4. The highest BCUT2D eigenvalue weighted by molar-refractivity contribution is 6.91. The van der Waals surface area contributed by atoms with Crippen LogP contribution >= 0.6 is 0 Å². The molecule has 4 heterocycles. The third-order valence-corrected chi connectivity index (χ3v) is 16.7. The fourth-order valence-corrected chi connectivity index (χ4v) is 13.4. The van der Waals surface area contributed by atoms with Crippen LogP contribution in [0, 0.1) is 5.92 Å². The minimum absolute atomic E-state index is 0.00207. The number of aliphatic hydroxyl groups is 1. The maximum absolute atomic E-state index is 15.4. The molecule has 12 nitrogen and oxygen atoms in total. The number of methoxy groups -OCH3 is 2. The molecule has 13 heteroatoms. The summed E-state index contributed by atoms with van der Waals surface area (Å²) in [7, 11) is 0.932. The first-order chi connectivity index (χ1) is 28.1. The van der Waals surface area contributed by atoms with Gasteiger partial charge in [-0.15, -0.1) is 5.10 Å². The zero-order valence-electron chi connectivity index (χ0n) is 33.7. The summed E-state index contributed by atoms with van der Waals surface area (Å²) in [4.78, 5) is 30.3. The zero-order valence-corrected chi connectivity index (χ0v) is 34.7. The van der Waals surface area contributed by atoms with E-state index >= 15 is 4.79 Å². The largest absolute Gasteiger partial charge is 0.497 e. The maximum atomic E-state index is 15.4. The van der Waals surface area contributed by atoms with Crippen molar-refractivity contribution in [1.82, 2.24) is 15.0 Å². The fraction of sp³-hybridized carbons (Fsp3) is 0.356. The smallest absolute Gasteiger partial charge is 0.264 e. The third-order valence-electron chi connectivity index (χ3n) is 12.3. The molecule has 5 aromatic rings. The van der Waals surface area contributed by atoms with Gasteiger partial charge in [0.15, 0.2) is 5.60 Å². The van der Waals surface area contributed by atoms with Gasteiger partial charge in [-0.3, -0.25) is 14.3 Å². The molecule has 1 N–H and O–H groups in total. The molecule has 1 aromatic heterocycles. The van der Waals surface area contributed by atoms with Gasteiger partial charge in [0.05, 0.1) is 57.7 Å². The number of hydrogen-bond acceptors (Lipinski definition) is 9. The Morgan fingerprint density at radius 2 is 1.64 bits per heavy atom. The van der Waals surface area contributed by atoms with Gasteiger partial charge < -0.3 is 24.2 Å². The summed E-state index contributed by atoms with van der Waals surface area (Å²) in [6.45, 7) is 7.76. The SMILES string of the molecule is COc1ccc([Si](C)(C)[C@H]2[C@H](CCn3cc(CCO)nn3)O[C@@]3(C(=O)N(Cc4ccc(N5N=C(c6ccccc6)CCC5=O)cc4)c4ccc(OC)cc43)[C@@H]2C)cc1. The Hall–Kier alpha value is -5.63. The number of aromatic nitrogens is 3. The molecule has 0 saturated carbocycles. The third kappa shape index (κ3) is 7.01. The molecule has 4 aromatic carbocycles. The van der Waals surface area contributed by atoms with Crippen molar-refractivity contribution in [2.75, 3.05) is 30.7 Å². The van der Waals surface area contributed by atoms with Crippen LogP contribution in [0.2, 0.25) is 18.6 Å². The number of amides is 2. The predicted molar refractivity (Wildman–Crippen MR) is 225 cm³/mol. The number of carbonyl (C=O) groups is 2. The second-order valence-electron chi connectivity index (χ2n) is 16.0. The number of aryl methyl sites for hydroxylation is 1. The van der Waals surface area contributed by atoms with Crippen molar-refractivity contribution in [3.8, 4) is 11.5 Å². The maximum Gasteiger partial charge on any atom is 0.264 e. The number of aliphatic hydroxyl groups excluding tert-OH is 1. The molecule has 300 valence electrons. The van der Waals surface area contributed by atoms with Crippen molar-refractivity contribution in [1.29, 1.82) is 0 Å². The molecule has 58 heavy (non-hydrogen) atoms. The summed E-state index contributed by atoms with van der Waals surface area (Å²) >= 11 is 0. The lowest BCUT2D eigenvalue weighted by atomic mass is 9.82. The van der Waals surface area contributed by atoms with Crippen LogP contribution in [0.15, 0.2) is 108 Å². The number of hydrazone groups is 1. The van der Waals surface area contributed by atoms with Crippen molar-refractivity contribution in [2.24, 2.45) is 11.0 Å². The molecule has 0 aliphatic carbocycles. The molecule has 2 amide bonds. The monoisotopic (exact) mass is 798 g/mol. The van der Waals surface area contributed by atoms with Gasteiger partial charge in [0.1, 0.15) is 11.5 Å². The first kappa shape index (κ1) is 39.2. The van der Waals surface area contributed by atoms with Gasteiger partial charge in [-0.2, -0.15) is 5.10 Å². The van der Waals surface area contributed by atoms with E-state index in [2.05, 4.69) is 42.5 Å². The van der Waals surface area contributed by atoms with Crippen LogP contribution in [0.4, 0.5) is 11.4 Å². The molecule has 4 atom stereocenters. The Morgan fingerprint density at radius 3 is 2.34 bits per heavy atom. The molecule has 0 bridgehead atoms. The summed E-state index contributed by atoms with van der Waals surface area (Å²) in [5.74, 6) is 1.09. The van der Waals surface area contributed by atoms with Gasteiger partial charge in [0.2, 0.25) is 5.91 Å². The topological polar surface area (TPSA) is 132 Å². The van der Waals surface area contributed by atoms with E-state index in [4.69, 9.17) is 19.3 Å². The first-order valence-corrected chi connectivity index (χ1v) is 23.0. The minimum Gasteiger partial charge on any atom is -0.497 e. The number of carbonyl (C=O) groups excluding carboxylic acids is 2. The number of ether oxygens (including phenoxy) is 3. The standard InChI is InChI=1S/C45H50N6O6Si/c1-30-43(58(4,5)37-18-15-35(55-2)16-19-37)41(23-25-49-29-33(24-26-52)46-48-49)57-45(30)38-27-36(56-3)17-21-40(38)50(44(45)54)28-31-11-13-34(14-12-31)51-42(53)22-20-39(47-51)32-9-7-6-8-10-32/h6-19,21,27,29-30,41,43,52H,20,22-26,28H2,1-5H3/t30-,41+,43-,45+/m1/s1. The van der Waals surface area contributed by atoms with Crippen LogP contribution in [0.3, 0.4) is 0 Å². The normalized spacial score (nSPS) is 21.8. The van der Waals surface area contributed by atoms with Crippen LogP contribution in [0.5, 0.6) is 11.5 Å². The highest BCUT2D eigenvalue weighted by atomic mass is 28.3. The van der Waals surface area contributed by atoms with E-state index in [1.54, 1.807) is 18.9 Å². The van der Waals surface area contributed by atoms with Crippen LogP contribution in [-0.2, 0) is 39.4 Å². The highest BCUT2D eigenvalue weighted by Gasteiger charge is 2.66. The van der Waals surface area contributed by atoms with Gasteiger partial charge in [0, 0.05) is 50.1 Å². The second kappa shape index (κ2) is 16.0. The molecular formula is C45H50N6O6Si. The summed E-state index contributed by atoms with van der Waals surface area (Å²) in [6.07, 6.45) is 3.61. The summed E-state index contributed by atoms with van der Waals surface area (Å²) in [5.41, 5.74) is 4.56. The minimum atomic E-state index is -2.38. The fourth-order valence-electron chi connectivity index (χ4n) is 9.30. The summed E-state index contributed by atoms with van der Waals surface area (Å²) in [5, 5.41) is 25.5.